The summed E-state index contributed by atoms with van der Waals surface area (Å²) >= 11 is 0. The molecule has 0 amide bonds. The van der Waals surface area contributed by atoms with Crippen LogP contribution in [0.1, 0.15) is 17.8 Å². The molecule has 2 aromatic rings. The van der Waals surface area contributed by atoms with Crippen molar-refractivity contribution in [1.29, 1.82) is 0 Å². The molecule has 102 valence electrons. The van der Waals surface area contributed by atoms with Crippen LogP contribution in [0, 0.1) is 5.82 Å². The van der Waals surface area contributed by atoms with Crippen LogP contribution < -0.4 is 5.32 Å². The van der Waals surface area contributed by atoms with Crippen molar-refractivity contribution < 1.29 is 4.39 Å². The van der Waals surface area contributed by atoms with Crippen LogP contribution in [-0.4, -0.2) is 22.6 Å². The fraction of sp³-hybridized carbons (Fsp3) is 0.400. The van der Waals surface area contributed by atoms with Gasteiger partial charge in [0.15, 0.2) is 0 Å². The molecule has 1 unspecified atom stereocenters. The highest BCUT2D eigenvalue weighted by atomic mass is 19.1. The van der Waals surface area contributed by atoms with Gasteiger partial charge in [-0.3, -0.25) is 0 Å². The van der Waals surface area contributed by atoms with Gasteiger partial charge in [0.25, 0.3) is 0 Å². The van der Waals surface area contributed by atoms with Crippen LogP contribution >= 0.6 is 0 Å². The van der Waals surface area contributed by atoms with Gasteiger partial charge < -0.3 is 9.88 Å². The van der Waals surface area contributed by atoms with Crippen molar-refractivity contribution >= 4 is 0 Å². The molecule has 1 aromatic heterocycles. The molecule has 2 rings (SSSR count). The fourth-order valence-electron chi connectivity index (χ4n) is 2.24. The minimum atomic E-state index is -0.170. The lowest BCUT2D eigenvalue weighted by Gasteiger charge is -2.16. The van der Waals surface area contributed by atoms with Crippen LogP contribution in [0.3, 0.4) is 0 Å². The van der Waals surface area contributed by atoms with Gasteiger partial charge in [0.2, 0.25) is 0 Å². The maximum Gasteiger partial charge on any atom is 0.123 e. The average molecular weight is 261 g/mol. The first-order valence-corrected chi connectivity index (χ1v) is 6.57. The number of imidazole rings is 1. The Labute approximate surface area is 113 Å². The molecular formula is C15H20FN3. The SMILES string of the molecule is CNC(CCc1nccn1C)Cc1cccc(F)c1. The Balaban J connectivity index is 1.92. The maximum absolute atomic E-state index is 13.1. The number of aryl methyl sites for hydroxylation is 2. The topological polar surface area (TPSA) is 29.9 Å². The second kappa shape index (κ2) is 6.48. The van der Waals surface area contributed by atoms with Crippen molar-refractivity contribution in [2.24, 2.45) is 7.05 Å². The van der Waals surface area contributed by atoms with Crippen molar-refractivity contribution in [1.82, 2.24) is 14.9 Å². The first-order chi connectivity index (χ1) is 9.19. The van der Waals surface area contributed by atoms with Gasteiger partial charge in [-0.1, -0.05) is 12.1 Å². The van der Waals surface area contributed by atoms with Crippen LogP contribution in [0.5, 0.6) is 0 Å². The number of likely N-dealkylation sites (N-methyl/N-ethyl adjacent to an activating group) is 1. The summed E-state index contributed by atoms with van der Waals surface area (Å²) in [7, 11) is 3.95. The van der Waals surface area contributed by atoms with E-state index in [2.05, 4.69) is 10.3 Å². The molecule has 1 N–H and O–H groups in total. The molecule has 0 saturated heterocycles. The van der Waals surface area contributed by atoms with E-state index < -0.39 is 0 Å². The lowest BCUT2D eigenvalue weighted by atomic mass is 10.0. The summed E-state index contributed by atoms with van der Waals surface area (Å²) < 4.78 is 15.2. The van der Waals surface area contributed by atoms with Crippen molar-refractivity contribution in [2.75, 3.05) is 7.05 Å². The van der Waals surface area contributed by atoms with E-state index >= 15 is 0 Å². The zero-order valence-corrected chi connectivity index (χ0v) is 11.4. The zero-order chi connectivity index (χ0) is 13.7. The van der Waals surface area contributed by atoms with E-state index in [1.165, 1.54) is 6.07 Å². The molecule has 0 aliphatic carbocycles. The van der Waals surface area contributed by atoms with Crippen LogP contribution in [-0.2, 0) is 19.9 Å². The molecule has 0 radical (unpaired) electrons. The van der Waals surface area contributed by atoms with E-state index in [0.29, 0.717) is 6.04 Å². The van der Waals surface area contributed by atoms with Crippen molar-refractivity contribution in [2.45, 2.75) is 25.3 Å². The van der Waals surface area contributed by atoms with E-state index in [4.69, 9.17) is 0 Å². The number of benzene rings is 1. The van der Waals surface area contributed by atoms with Gasteiger partial charge in [-0.05, 0) is 37.6 Å². The number of aromatic nitrogens is 2. The summed E-state index contributed by atoms with van der Waals surface area (Å²) in [4.78, 5) is 4.32. The number of hydrogen-bond donors (Lipinski definition) is 1. The summed E-state index contributed by atoms with van der Waals surface area (Å²) in [6, 6.07) is 7.14. The number of nitrogens with one attached hydrogen (secondary N) is 1. The summed E-state index contributed by atoms with van der Waals surface area (Å²) in [5.41, 5.74) is 1.03. The lowest BCUT2D eigenvalue weighted by molar-refractivity contribution is 0.508. The standard InChI is InChI=1S/C15H20FN3/c1-17-14(6-7-15-18-8-9-19(15)2)11-12-4-3-5-13(16)10-12/h3-5,8-10,14,17H,6-7,11H2,1-2H3. The van der Waals surface area contributed by atoms with E-state index in [1.54, 1.807) is 12.1 Å². The first-order valence-electron chi connectivity index (χ1n) is 6.57. The Hall–Kier alpha value is -1.68. The van der Waals surface area contributed by atoms with Gasteiger partial charge in [0.05, 0.1) is 0 Å². The highest BCUT2D eigenvalue weighted by Gasteiger charge is 2.09. The number of rotatable bonds is 6. The van der Waals surface area contributed by atoms with E-state index in [9.17, 15) is 4.39 Å². The van der Waals surface area contributed by atoms with Crippen molar-refractivity contribution in [3.63, 3.8) is 0 Å². The van der Waals surface area contributed by atoms with Crippen molar-refractivity contribution in [3.05, 3.63) is 53.9 Å². The first kappa shape index (κ1) is 13.7. The van der Waals surface area contributed by atoms with Gasteiger partial charge in [-0.2, -0.15) is 0 Å². The normalized spacial score (nSPS) is 12.6. The number of nitrogens with zero attached hydrogens (tertiary/aromatic N) is 2. The summed E-state index contributed by atoms with van der Waals surface area (Å²) in [5.74, 6) is 0.913. The van der Waals surface area contributed by atoms with Gasteiger partial charge in [-0.25, -0.2) is 9.37 Å². The van der Waals surface area contributed by atoms with E-state index in [-0.39, 0.29) is 5.82 Å². The predicted molar refractivity (Wildman–Crippen MR) is 74.5 cm³/mol. The van der Waals surface area contributed by atoms with Crippen LogP contribution in [0.2, 0.25) is 0 Å². The van der Waals surface area contributed by atoms with Crippen LogP contribution in [0.4, 0.5) is 4.39 Å². The molecule has 1 aromatic carbocycles. The number of halogens is 1. The Morgan fingerprint density at radius 2 is 2.26 bits per heavy atom. The Morgan fingerprint density at radius 1 is 1.42 bits per heavy atom. The molecule has 3 nitrogen and oxygen atoms in total. The smallest absolute Gasteiger partial charge is 0.123 e. The molecule has 0 fully saturated rings. The quantitative estimate of drug-likeness (QED) is 0.865. The van der Waals surface area contributed by atoms with E-state index in [1.807, 2.05) is 37.1 Å². The van der Waals surface area contributed by atoms with Crippen LogP contribution in [0.25, 0.3) is 0 Å². The highest BCUT2D eigenvalue weighted by molar-refractivity contribution is 5.17. The van der Waals surface area contributed by atoms with Crippen molar-refractivity contribution in [3.8, 4) is 0 Å². The van der Waals surface area contributed by atoms with Gasteiger partial charge in [-0.15, -0.1) is 0 Å². The lowest BCUT2D eigenvalue weighted by Crippen LogP contribution is -2.28. The molecule has 4 heteroatoms. The molecule has 1 heterocycles. The second-order valence-corrected chi connectivity index (χ2v) is 4.81. The third-order valence-corrected chi connectivity index (χ3v) is 3.42. The monoisotopic (exact) mass is 261 g/mol. The minimum absolute atomic E-state index is 0.170. The molecular weight excluding hydrogens is 241 g/mol. The third kappa shape index (κ3) is 3.89. The van der Waals surface area contributed by atoms with Gasteiger partial charge >= 0.3 is 0 Å². The Kier molecular flexibility index (Phi) is 4.68. The molecule has 0 aliphatic rings. The number of hydrogen-bond acceptors (Lipinski definition) is 2. The Morgan fingerprint density at radius 3 is 2.89 bits per heavy atom. The molecule has 19 heavy (non-hydrogen) atoms. The largest absolute Gasteiger partial charge is 0.338 e. The van der Waals surface area contributed by atoms with Crippen LogP contribution in [0.15, 0.2) is 36.7 Å². The Bertz CT molecular complexity index is 522. The molecule has 1 atom stereocenters. The second-order valence-electron chi connectivity index (χ2n) is 4.81. The third-order valence-electron chi connectivity index (χ3n) is 3.42. The zero-order valence-electron chi connectivity index (χ0n) is 11.4. The predicted octanol–water partition coefficient (Wildman–Crippen LogP) is 2.32. The molecule has 0 saturated carbocycles. The van der Waals surface area contributed by atoms with Gasteiger partial charge in [0, 0.05) is 31.9 Å². The highest BCUT2D eigenvalue weighted by Crippen LogP contribution is 2.10. The summed E-state index contributed by atoms with van der Waals surface area (Å²) in [6.07, 6.45) is 6.51. The summed E-state index contributed by atoms with van der Waals surface area (Å²) in [5, 5.41) is 3.29. The minimum Gasteiger partial charge on any atom is -0.338 e. The molecule has 0 spiro atoms. The fourth-order valence-corrected chi connectivity index (χ4v) is 2.24. The van der Waals surface area contributed by atoms with E-state index in [0.717, 1.165) is 30.7 Å². The molecule has 0 bridgehead atoms. The van der Waals surface area contributed by atoms with Gasteiger partial charge in [0.1, 0.15) is 11.6 Å². The maximum atomic E-state index is 13.1. The summed E-state index contributed by atoms with van der Waals surface area (Å²) in [6.45, 7) is 0. The average Bonchev–Trinajstić information content (AvgIpc) is 2.80. The molecule has 0 aliphatic heterocycles.